The van der Waals surface area contributed by atoms with Crippen molar-refractivity contribution in [3.8, 4) is 0 Å². The number of esters is 1. The van der Waals surface area contributed by atoms with E-state index < -0.39 is 5.97 Å². The summed E-state index contributed by atoms with van der Waals surface area (Å²) >= 11 is 1.15. The second-order valence-corrected chi connectivity index (χ2v) is 5.20. The molecule has 3 N–H and O–H groups in total. The molecule has 2 aromatic rings. The number of nitrogens with zero attached hydrogens (tertiary/aromatic N) is 3. The molecule has 0 saturated carbocycles. The normalized spacial score (nSPS) is 10.1. The molecule has 0 aliphatic rings. The van der Waals surface area contributed by atoms with E-state index in [2.05, 4.69) is 20.3 Å². The number of hydrogen-bond acceptors (Lipinski definition) is 8. The fourth-order valence-corrected chi connectivity index (χ4v) is 2.21. The fraction of sp³-hybridized carbons (Fsp3) is 0.214. The van der Waals surface area contributed by atoms with Crippen molar-refractivity contribution in [2.45, 2.75) is 12.1 Å². The van der Waals surface area contributed by atoms with Gasteiger partial charge in [-0.3, -0.25) is 4.79 Å². The maximum atomic E-state index is 11.9. The van der Waals surface area contributed by atoms with E-state index in [1.807, 2.05) is 0 Å². The van der Waals surface area contributed by atoms with E-state index in [1.165, 1.54) is 6.33 Å². The zero-order valence-corrected chi connectivity index (χ0v) is 13.2. The lowest BCUT2D eigenvalue weighted by Gasteiger charge is -2.06. The third kappa shape index (κ3) is 5.22. The van der Waals surface area contributed by atoms with E-state index in [0.29, 0.717) is 23.0 Å². The van der Waals surface area contributed by atoms with Gasteiger partial charge in [-0.2, -0.15) is 4.98 Å². The summed E-state index contributed by atoms with van der Waals surface area (Å²) in [6.07, 6.45) is 1.29. The highest BCUT2D eigenvalue weighted by molar-refractivity contribution is 7.99. The second kappa shape index (κ2) is 8.08. The number of rotatable bonds is 6. The van der Waals surface area contributed by atoms with Crippen molar-refractivity contribution in [2.24, 2.45) is 0 Å². The maximum absolute atomic E-state index is 11.9. The molecule has 0 saturated heterocycles. The van der Waals surface area contributed by atoms with Gasteiger partial charge < -0.3 is 15.8 Å². The predicted octanol–water partition coefficient (Wildman–Crippen LogP) is 1.36. The Morgan fingerprint density at radius 3 is 2.65 bits per heavy atom. The molecule has 0 fully saturated rings. The van der Waals surface area contributed by atoms with Crippen LogP contribution in [0.1, 0.15) is 17.3 Å². The first-order valence-corrected chi connectivity index (χ1v) is 7.71. The number of carbonyl (C=O) groups is 2. The minimum absolute atomic E-state index is 0.109. The second-order valence-electron chi connectivity index (χ2n) is 4.26. The molecule has 9 heteroatoms. The lowest BCUT2D eigenvalue weighted by atomic mass is 10.2. The highest BCUT2D eigenvalue weighted by Crippen LogP contribution is 2.14. The number of nitrogens with one attached hydrogen (secondary N) is 1. The minimum atomic E-state index is -0.395. The Bertz CT molecular complexity index is 693. The van der Waals surface area contributed by atoms with Crippen LogP contribution in [-0.2, 0) is 9.53 Å². The minimum Gasteiger partial charge on any atom is -0.462 e. The average Bonchev–Trinajstić information content (AvgIpc) is 2.54. The number of nitrogen functional groups attached to an aromatic ring is 1. The van der Waals surface area contributed by atoms with Crippen molar-refractivity contribution >= 4 is 35.3 Å². The van der Waals surface area contributed by atoms with Gasteiger partial charge in [0.15, 0.2) is 5.16 Å². The number of hydrogen-bond donors (Lipinski definition) is 2. The Kier molecular flexibility index (Phi) is 5.87. The number of thioether (sulfide) groups is 1. The van der Waals surface area contributed by atoms with Gasteiger partial charge in [-0.1, -0.05) is 11.8 Å². The zero-order valence-electron chi connectivity index (χ0n) is 12.4. The number of amides is 1. The largest absolute Gasteiger partial charge is 0.462 e. The smallest absolute Gasteiger partial charge is 0.338 e. The first-order chi connectivity index (χ1) is 11.1. The summed E-state index contributed by atoms with van der Waals surface area (Å²) in [4.78, 5) is 34.8. The number of carbonyl (C=O) groups excluding carboxylic acids is 2. The summed E-state index contributed by atoms with van der Waals surface area (Å²) in [5, 5.41) is 3.09. The Hall–Kier alpha value is -2.68. The number of nitrogens with two attached hydrogens (primary N) is 1. The van der Waals surface area contributed by atoms with Crippen molar-refractivity contribution in [3.63, 3.8) is 0 Å². The van der Waals surface area contributed by atoms with Crippen LogP contribution in [0.4, 0.5) is 11.6 Å². The monoisotopic (exact) mass is 333 g/mol. The molecule has 1 amide bonds. The van der Waals surface area contributed by atoms with Gasteiger partial charge in [-0.25, -0.2) is 14.8 Å². The van der Waals surface area contributed by atoms with Crippen LogP contribution in [0.5, 0.6) is 0 Å². The van der Waals surface area contributed by atoms with Crippen LogP contribution < -0.4 is 11.1 Å². The highest BCUT2D eigenvalue weighted by atomic mass is 32.2. The van der Waals surface area contributed by atoms with Crippen molar-refractivity contribution in [1.82, 2.24) is 15.0 Å². The molecule has 0 unspecified atom stereocenters. The van der Waals surface area contributed by atoms with Crippen LogP contribution in [0.2, 0.25) is 0 Å². The van der Waals surface area contributed by atoms with Gasteiger partial charge >= 0.3 is 5.97 Å². The van der Waals surface area contributed by atoms with Crippen LogP contribution in [0.25, 0.3) is 0 Å². The summed E-state index contributed by atoms with van der Waals surface area (Å²) in [7, 11) is 0. The van der Waals surface area contributed by atoms with Gasteiger partial charge in [0.2, 0.25) is 11.9 Å². The molecule has 2 rings (SSSR count). The Morgan fingerprint density at radius 2 is 2.00 bits per heavy atom. The van der Waals surface area contributed by atoms with Gasteiger partial charge in [0, 0.05) is 5.69 Å². The number of anilines is 2. The topological polar surface area (TPSA) is 120 Å². The molecule has 8 nitrogen and oxygen atoms in total. The average molecular weight is 333 g/mol. The van der Waals surface area contributed by atoms with E-state index in [4.69, 9.17) is 10.5 Å². The van der Waals surface area contributed by atoms with Crippen LogP contribution in [0, 0.1) is 0 Å². The summed E-state index contributed by atoms with van der Waals surface area (Å²) in [6.45, 7) is 2.06. The van der Waals surface area contributed by atoms with Crippen LogP contribution >= 0.6 is 11.8 Å². The highest BCUT2D eigenvalue weighted by Gasteiger charge is 2.08. The van der Waals surface area contributed by atoms with Gasteiger partial charge in [-0.15, -0.1) is 0 Å². The van der Waals surface area contributed by atoms with Crippen LogP contribution in [0.3, 0.4) is 0 Å². The molecular weight excluding hydrogens is 318 g/mol. The molecule has 0 bridgehead atoms. The Labute approximate surface area is 136 Å². The SMILES string of the molecule is CCOC(=O)c1ccc(NC(=O)CSc2ncnc(N)n2)cc1. The lowest BCUT2D eigenvalue weighted by molar-refractivity contribution is -0.113. The van der Waals surface area contributed by atoms with Crippen molar-refractivity contribution in [1.29, 1.82) is 0 Å². The number of aromatic nitrogens is 3. The van der Waals surface area contributed by atoms with E-state index in [0.717, 1.165) is 11.8 Å². The summed E-state index contributed by atoms with van der Waals surface area (Å²) in [6, 6.07) is 6.45. The summed E-state index contributed by atoms with van der Waals surface area (Å²) < 4.78 is 4.89. The van der Waals surface area contributed by atoms with Gasteiger partial charge in [0.1, 0.15) is 6.33 Å². The Morgan fingerprint density at radius 1 is 1.26 bits per heavy atom. The quantitative estimate of drug-likeness (QED) is 0.600. The van der Waals surface area contributed by atoms with Crippen molar-refractivity contribution in [3.05, 3.63) is 36.2 Å². The molecule has 0 radical (unpaired) electrons. The molecule has 0 aliphatic heterocycles. The van der Waals surface area contributed by atoms with Crippen molar-refractivity contribution in [2.75, 3.05) is 23.4 Å². The number of ether oxygens (including phenoxy) is 1. The van der Waals surface area contributed by atoms with Crippen molar-refractivity contribution < 1.29 is 14.3 Å². The molecule has 23 heavy (non-hydrogen) atoms. The molecule has 1 aromatic heterocycles. The number of benzene rings is 1. The van der Waals surface area contributed by atoms with E-state index in [-0.39, 0.29) is 17.6 Å². The molecule has 0 atom stereocenters. The van der Waals surface area contributed by atoms with Gasteiger partial charge in [0.05, 0.1) is 17.9 Å². The van der Waals surface area contributed by atoms with Crippen LogP contribution in [-0.4, -0.2) is 39.2 Å². The molecule has 1 heterocycles. The molecule has 120 valence electrons. The predicted molar refractivity (Wildman–Crippen MR) is 86.0 cm³/mol. The molecular formula is C14H15N5O3S. The van der Waals surface area contributed by atoms with Gasteiger partial charge in [0.25, 0.3) is 0 Å². The van der Waals surface area contributed by atoms with E-state index in [1.54, 1.807) is 31.2 Å². The lowest BCUT2D eigenvalue weighted by Crippen LogP contribution is -2.14. The Balaban J connectivity index is 1.86. The van der Waals surface area contributed by atoms with E-state index in [9.17, 15) is 9.59 Å². The summed E-state index contributed by atoms with van der Waals surface area (Å²) in [5.74, 6) is -0.382. The van der Waals surface area contributed by atoms with Crippen LogP contribution in [0.15, 0.2) is 35.7 Å². The third-order valence-corrected chi connectivity index (χ3v) is 3.44. The first kappa shape index (κ1) is 16.7. The van der Waals surface area contributed by atoms with Gasteiger partial charge in [-0.05, 0) is 31.2 Å². The zero-order chi connectivity index (χ0) is 16.7. The fourth-order valence-electron chi connectivity index (χ4n) is 1.59. The summed E-state index contributed by atoms with van der Waals surface area (Å²) in [5.41, 5.74) is 6.45. The standard InChI is InChI=1S/C14H15N5O3S/c1-2-22-12(21)9-3-5-10(6-4-9)18-11(20)7-23-14-17-8-16-13(15)19-14/h3-6,8H,2,7H2,1H3,(H,18,20)(H2,15,16,17,19). The third-order valence-electron chi connectivity index (χ3n) is 2.58. The first-order valence-electron chi connectivity index (χ1n) is 6.73. The maximum Gasteiger partial charge on any atom is 0.338 e. The molecule has 0 spiro atoms. The molecule has 1 aromatic carbocycles. The molecule has 0 aliphatic carbocycles. The van der Waals surface area contributed by atoms with E-state index >= 15 is 0 Å².